The van der Waals surface area contributed by atoms with Crippen molar-refractivity contribution in [3.63, 3.8) is 0 Å². The lowest BCUT2D eigenvalue weighted by Gasteiger charge is -2.26. The number of esters is 2. The molecule has 0 spiro atoms. The Kier molecular flexibility index (Phi) is 67.3. The second kappa shape index (κ2) is 71.0. The number of nitrogens with zero attached hydrogens (tertiary/aromatic N) is 1. The average molecular weight is 1260 g/mol. The summed E-state index contributed by atoms with van der Waals surface area (Å²) in [6, 6.07) is 0. The summed E-state index contributed by atoms with van der Waals surface area (Å²) < 4.78 is 22.8. The number of carbonyl (C=O) groups is 3. The number of allylic oxidation sites excluding steroid dienone is 24. The lowest BCUT2D eigenvalue weighted by Crippen LogP contribution is -2.44. The van der Waals surface area contributed by atoms with Crippen LogP contribution >= 0.6 is 0 Å². The highest BCUT2D eigenvalue weighted by Crippen LogP contribution is 2.17. The van der Waals surface area contributed by atoms with Gasteiger partial charge in [0.15, 0.2) is 12.4 Å². The number of carboxylic acids is 1. The van der Waals surface area contributed by atoms with Crippen molar-refractivity contribution in [1.29, 1.82) is 0 Å². The highest BCUT2D eigenvalue weighted by Gasteiger charge is 2.22. The summed E-state index contributed by atoms with van der Waals surface area (Å²) in [4.78, 5) is 37.5. The summed E-state index contributed by atoms with van der Waals surface area (Å²) in [6.45, 7) is 4.62. The molecule has 2 atom stereocenters. The Labute approximate surface area is 560 Å². The monoisotopic (exact) mass is 1260 g/mol. The van der Waals surface area contributed by atoms with Crippen LogP contribution in [-0.2, 0) is 33.3 Å². The summed E-state index contributed by atoms with van der Waals surface area (Å²) >= 11 is 0. The van der Waals surface area contributed by atoms with Crippen LogP contribution in [0.3, 0.4) is 0 Å². The Morgan fingerprint density at radius 3 is 0.934 bits per heavy atom. The van der Waals surface area contributed by atoms with Gasteiger partial charge in [-0.25, -0.2) is 0 Å². The molecule has 0 heterocycles. The fourth-order valence-electron chi connectivity index (χ4n) is 9.95. The third-order valence-corrected chi connectivity index (χ3v) is 15.6. The van der Waals surface area contributed by atoms with Gasteiger partial charge in [0.05, 0.1) is 40.3 Å². The number of hydrogen-bond acceptors (Lipinski definition) is 8. The standard InChI is InChI=1S/C82H137NO8/c1-6-8-10-12-14-16-18-20-22-24-26-28-30-32-34-35-36-37-38-39-40-41-42-43-44-45-47-49-51-53-55-57-59-61-63-65-67-69-71-73-80(85)91-78(77-90-82(81(86)87)88-75-74-83(3,4)5)76-89-79(84)72-70-68-66-64-62-60-58-56-54-52-50-48-46-33-31-29-27-25-23-21-19-17-15-13-11-9-7-2/h8,10,14,16,19-22,25-28,32,34,36-37,39-40,42-43,45,47,51,53,78,82H,6-7,9,11-13,15,17-18,23-24,29-31,33,35,38,41,44,46,48-50,52,54-77H2,1-5H3/b10-8-,16-14-,21-19-,22-20-,27-25-,28-26-,34-32-,37-36-,40-39-,43-42-,47-45-,53-51-. The number of rotatable bonds is 67. The molecule has 0 aromatic carbocycles. The van der Waals surface area contributed by atoms with E-state index >= 15 is 0 Å². The van der Waals surface area contributed by atoms with Gasteiger partial charge in [0.25, 0.3) is 0 Å². The molecule has 9 heteroatoms. The average Bonchev–Trinajstić information content (AvgIpc) is 3.46. The largest absolute Gasteiger partial charge is 0.545 e. The van der Waals surface area contributed by atoms with Gasteiger partial charge in [0, 0.05) is 12.8 Å². The molecule has 518 valence electrons. The summed E-state index contributed by atoms with van der Waals surface area (Å²) in [7, 11) is 5.92. The maximum atomic E-state index is 12.9. The molecule has 0 saturated carbocycles. The van der Waals surface area contributed by atoms with E-state index in [-0.39, 0.29) is 38.6 Å². The van der Waals surface area contributed by atoms with Crippen LogP contribution in [0.1, 0.15) is 296 Å². The van der Waals surface area contributed by atoms with Crippen LogP contribution in [0.25, 0.3) is 0 Å². The lowest BCUT2D eigenvalue weighted by molar-refractivity contribution is -0.870. The Bertz CT molecular complexity index is 2010. The maximum absolute atomic E-state index is 12.9. The number of carbonyl (C=O) groups excluding carboxylic acids is 3. The zero-order valence-electron chi connectivity index (χ0n) is 59.2. The number of carboxylic acid groups (broad SMARTS) is 1. The number of ether oxygens (including phenoxy) is 4. The normalized spacial score (nSPS) is 13.5. The molecule has 0 aromatic rings. The minimum Gasteiger partial charge on any atom is -0.545 e. The highest BCUT2D eigenvalue weighted by atomic mass is 16.7. The first-order chi connectivity index (χ1) is 44.6. The van der Waals surface area contributed by atoms with E-state index in [9.17, 15) is 19.5 Å². The van der Waals surface area contributed by atoms with E-state index in [0.29, 0.717) is 17.4 Å². The van der Waals surface area contributed by atoms with E-state index in [1.54, 1.807) is 0 Å². The molecule has 0 radical (unpaired) electrons. The molecule has 91 heavy (non-hydrogen) atoms. The van der Waals surface area contributed by atoms with Crippen molar-refractivity contribution in [1.82, 2.24) is 0 Å². The molecule has 0 rings (SSSR count). The van der Waals surface area contributed by atoms with Gasteiger partial charge in [-0.15, -0.1) is 0 Å². The van der Waals surface area contributed by atoms with Crippen molar-refractivity contribution in [2.75, 3.05) is 47.5 Å². The quantitative estimate of drug-likeness (QED) is 0.0195. The van der Waals surface area contributed by atoms with Crippen molar-refractivity contribution in [3.05, 3.63) is 146 Å². The second-order valence-electron chi connectivity index (χ2n) is 25.5. The molecule has 0 aromatic heterocycles. The van der Waals surface area contributed by atoms with Crippen molar-refractivity contribution >= 4 is 17.9 Å². The van der Waals surface area contributed by atoms with Gasteiger partial charge in [0.2, 0.25) is 0 Å². The number of unbranched alkanes of at least 4 members (excludes halogenated alkanes) is 28. The van der Waals surface area contributed by atoms with Crippen LogP contribution in [0.15, 0.2) is 146 Å². The maximum Gasteiger partial charge on any atom is 0.306 e. The second-order valence-corrected chi connectivity index (χ2v) is 25.5. The smallest absolute Gasteiger partial charge is 0.306 e. The SMILES string of the molecule is CC/C=C\C/C=C\C/C=C\C/C=C\C/C=C\C/C=C\C/C=C\C/C=C\C/C=C\C/C=C\CCCCCCCCCCC(=O)OC(COC(=O)CCCCCCCCCCCCCCCCC/C=C\C/C=C\CCCCCCC)COC(OCC[N+](C)(C)C)C(=O)[O-]. The summed E-state index contributed by atoms with van der Waals surface area (Å²) in [6.07, 6.45) is 101. The topological polar surface area (TPSA) is 111 Å². The number of aliphatic carboxylic acids is 1. The van der Waals surface area contributed by atoms with Gasteiger partial charge < -0.3 is 33.3 Å². The predicted octanol–water partition coefficient (Wildman–Crippen LogP) is 22.1. The molecule has 0 aliphatic carbocycles. The summed E-state index contributed by atoms with van der Waals surface area (Å²) in [5.74, 6) is -2.30. The van der Waals surface area contributed by atoms with Crippen LogP contribution in [-0.4, -0.2) is 82.3 Å². The first kappa shape index (κ1) is 86.2. The lowest BCUT2D eigenvalue weighted by atomic mass is 10.0. The molecule has 0 amide bonds. The molecular weight excluding hydrogens is 1130 g/mol. The Morgan fingerprint density at radius 1 is 0.341 bits per heavy atom. The predicted molar refractivity (Wildman–Crippen MR) is 389 cm³/mol. The van der Waals surface area contributed by atoms with Gasteiger partial charge >= 0.3 is 11.9 Å². The minimum atomic E-state index is -1.63. The molecule has 0 aliphatic heterocycles. The molecule has 0 saturated heterocycles. The van der Waals surface area contributed by atoms with E-state index in [1.807, 2.05) is 21.1 Å². The van der Waals surface area contributed by atoms with Crippen LogP contribution < -0.4 is 5.11 Å². The van der Waals surface area contributed by atoms with Gasteiger partial charge in [-0.3, -0.25) is 9.59 Å². The Balaban J connectivity index is 4.16. The van der Waals surface area contributed by atoms with Crippen LogP contribution in [0.4, 0.5) is 0 Å². The third kappa shape index (κ3) is 72.5. The summed E-state index contributed by atoms with van der Waals surface area (Å²) in [5.41, 5.74) is 0. The number of quaternary nitrogens is 1. The van der Waals surface area contributed by atoms with E-state index in [4.69, 9.17) is 18.9 Å². The Morgan fingerprint density at radius 2 is 0.626 bits per heavy atom. The number of hydrogen-bond donors (Lipinski definition) is 0. The zero-order valence-corrected chi connectivity index (χ0v) is 59.2. The van der Waals surface area contributed by atoms with Crippen molar-refractivity contribution < 1.29 is 42.9 Å². The summed E-state index contributed by atoms with van der Waals surface area (Å²) in [5, 5.41) is 11.8. The van der Waals surface area contributed by atoms with Gasteiger partial charge in [-0.1, -0.05) is 307 Å². The molecule has 0 N–H and O–H groups in total. The number of likely N-dealkylation sites (N-methyl/N-ethyl adjacent to an activating group) is 1. The fraction of sp³-hybridized carbons (Fsp3) is 0.671. The molecular formula is C82H137NO8. The van der Waals surface area contributed by atoms with Crippen molar-refractivity contribution in [3.8, 4) is 0 Å². The molecule has 2 unspecified atom stereocenters. The van der Waals surface area contributed by atoms with Crippen molar-refractivity contribution in [2.24, 2.45) is 0 Å². The first-order valence-electron chi connectivity index (χ1n) is 37.0. The highest BCUT2D eigenvalue weighted by molar-refractivity contribution is 5.70. The van der Waals surface area contributed by atoms with E-state index < -0.39 is 24.3 Å². The third-order valence-electron chi connectivity index (χ3n) is 15.6. The Hall–Kier alpha value is -4.83. The molecule has 0 bridgehead atoms. The molecule has 0 aliphatic rings. The minimum absolute atomic E-state index is 0.140. The fourth-order valence-corrected chi connectivity index (χ4v) is 9.95. The zero-order chi connectivity index (χ0) is 66.1. The van der Waals surface area contributed by atoms with E-state index in [1.165, 1.54) is 148 Å². The first-order valence-corrected chi connectivity index (χ1v) is 37.0. The van der Waals surface area contributed by atoms with Crippen LogP contribution in [0.2, 0.25) is 0 Å². The van der Waals surface area contributed by atoms with Gasteiger partial charge in [-0.2, -0.15) is 0 Å². The van der Waals surface area contributed by atoms with E-state index in [0.717, 1.165) is 116 Å². The van der Waals surface area contributed by atoms with Gasteiger partial charge in [-0.05, 0) is 122 Å². The van der Waals surface area contributed by atoms with Crippen molar-refractivity contribution in [2.45, 2.75) is 309 Å². The molecule has 9 nitrogen and oxygen atoms in total. The van der Waals surface area contributed by atoms with E-state index in [2.05, 4.69) is 160 Å². The van der Waals surface area contributed by atoms with Gasteiger partial charge in [0.1, 0.15) is 13.2 Å². The van der Waals surface area contributed by atoms with Crippen LogP contribution in [0.5, 0.6) is 0 Å². The molecule has 0 fully saturated rings. The van der Waals surface area contributed by atoms with Crippen LogP contribution in [0, 0.1) is 0 Å².